The van der Waals surface area contributed by atoms with Gasteiger partial charge in [-0.25, -0.2) is 4.68 Å². The van der Waals surface area contributed by atoms with Crippen molar-refractivity contribution in [2.24, 2.45) is 0 Å². The molecule has 0 bridgehead atoms. The van der Waals surface area contributed by atoms with Gasteiger partial charge in [0.25, 0.3) is 5.91 Å². The lowest BCUT2D eigenvalue weighted by atomic mass is 10.1. The number of aromatic nitrogens is 2. The molecule has 2 heterocycles. The summed E-state index contributed by atoms with van der Waals surface area (Å²) >= 11 is 0. The Balaban J connectivity index is 1.60. The van der Waals surface area contributed by atoms with E-state index in [4.69, 9.17) is 0 Å². The summed E-state index contributed by atoms with van der Waals surface area (Å²) in [6, 6.07) is 7.56. The highest BCUT2D eigenvalue weighted by atomic mass is 16.3. The SMILES string of the molecule is Cc1cnn(-c2ccc(C(=O)N3CCN(CC(C)(C)O)CC3)cc2)c1. The molecule has 2 aromatic rings. The minimum absolute atomic E-state index is 0.0612. The first-order valence-electron chi connectivity index (χ1n) is 8.67. The van der Waals surface area contributed by atoms with Crippen molar-refractivity contribution in [3.05, 3.63) is 47.8 Å². The Labute approximate surface area is 148 Å². The molecule has 6 heteroatoms. The van der Waals surface area contributed by atoms with Crippen molar-refractivity contribution in [3.8, 4) is 5.69 Å². The fourth-order valence-electron chi connectivity index (χ4n) is 3.15. The van der Waals surface area contributed by atoms with Crippen LogP contribution in [0.15, 0.2) is 36.7 Å². The molecular weight excluding hydrogens is 316 g/mol. The molecule has 3 rings (SSSR count). The topological polar surface area (TPSA) is 61.6 Å². The molecular formula is C19H26N4O2. The van der Waals surface area contributed by atoms with Crippen LogP contribution in [0, 0.1) is 6.92 Å². The monoisotopic (exact) mass is 342 g/mol. The second kappa shape index (κ2) is 6.98. The van der Waals surface area contributed by atoms with Gasteiger partial charge in [-0.05, 0) is 50.6 Å². The van der Waals surface area contributed by atoms with E-state index in [2.05, 4.69) is 10.00 Å². The summed E-state index contributed by atoms with van der Waals surface area (Å²) in [6.45, 7) is 9.22. The van der Waals surface area contributed by atoms with Crippen molar-refractivity contribution < 1.29 is 9.90 Å². The van der Waals surface area contributed by atoms with E-state index in [-0.39, 0.29) is 5.91 Å². The largest absolute Gasteiger partial charge is 0.389 e. The number of hydrogen-bond donors (Lipinski definition) is 1. The molecule has 1 aliphatic heterocycles. The number of amides is 1. The second-order valence-corrected chi connectivity index (χ2v) is 7.39. The summed E-state index contributed by atoms with van der Waals surface area (Å²) in [5, 5.41) is 14.2. The molecule has 0 unspecified atom stereocenters. The summed E-state index contributed by atoms with van der Waals surface area (Å²) in [4.78, 5) is 16.8. The van der Waals surface area contributed by atoms with Crippen LogP contribution in [-0.2, 0) is 0 Å². The molecule has 1 amide bonds. The first kappa shape index (κ1) is 17.6. The third-order valence-electron chi connectivity index (χ3n) is 4.36. The van der Waals surface area contributed by atoms with Gasteiger partial charge in [0, 0.05) is 44.5 Å². The van der Waals surface area contributed by atoms with Gasteiger partial charge in [-0.3, -0.25) is 9.69 Å². The Kier molecular flexibility index (Phi) is 4.92. The van der Waals surface area contributed by atoms with Crippen molar-refractivity contribution in [3.63, 3.8) is 0 Å². The summed E-state index contributed by atoms with van der Waals surface area (Å²) in [7, 11) is 0. The maximum Gasteiger partial charge on any atom is 0.253 e. The molecule has 134 valence electrons. The van der Waals surface area contributed by atoms with E-state index in [1.807, 2.05) is 62.3 Å². The standard InChI is InChI=1S/C19H26N4O2/c1-15-12-20-23(13-15)17-6-4-16(5-7-17)18(24)22-10-8-21(9-11-22)14-19(2,3)25/h4-7,12-13,25H,8-11,14H2,1-3H3. The Morgan fingerprint density at radius 1 is 1.16 bits per heavy atom. The van der Waals surface area contributed by atoms with Crippen LogP contribution >= 0.6 is 0 Å². The molecule has 0 atom stereocenters. The lowest BCUT2D eigenvalue weighted by Gasteiger charge is -2.37. The van der Waals surface area contributed by atoms with Crippen molar-refractivity contribution >= 4 is 5.91 Å². The molecule has 1 N–H and O–H groups in total. The number of carbonyl (C=O) groups is 1. The summed E-state index contributed by atoms with van der Waals surface area (Å²) < 4.78 is 1.80. The van der Waals surface area contributed by atoms with Gasteiger partial charge in [0.2, 0.25) is 0 Å². The number of nitrogens with zero attached hydrogens (tertiary/aromatic N) is 4. The molecule has 1 fully saturated rings. The van der Waals surface area contributed by atoms with Crippen LogP contribution in [0.1, 0.15) is 29.8 Å². The van der Waals surface area contributed by atoms with Crippen LogP contribution in [0.25, 0.3) is 5.69 Å². The molecule has 1 aromatic carbocycles. The molecule has 0 saturated carbocycles. The highest BCUT2D eigenvalue weighted by molar-refractivity contribution is 5.94. The summed E-state index contributed by atoms with van der Waals surface area (Å²) in [5.74, 6) is 0.0612. The summed E-state index contributed by atoms with van der Waals surface area (Å²) in [6.07, 6.45) is 3.77. The quantitative estimate of drug-likeness (QED) is 0.919. The predicted molar refractivity (Wildman–Crippen MR) is 96.9 cm³/mol. The van der Waals surface area contributed by atoms with Crippen LogP contribution in [0.4, 0.5) is 0 Å². The average molecular weight is 342 g/mol. The van der Waals surface area contributed by atoms with E-state index in [0.717, 1.165) is 24.3 Å². The third kappa shape index (κ3) is 4.46. The molecule has 0 radical (unpaired) electrons. The third-order valence-corrected chi connectivity index (χ3v) is 4.36. The van der Waals surface area contributed by atoms with Crippen LogP contribution in [0.2, 0.25) is 0 Å². The van der Waals surface area contributed by atoms with E-state index < -0.39 is 5.60 Å². The highest BCUT2D eigenvalue weighted by Gasteiger charge is 2.25. The van der Waals surface area contributed by atoms with Crippen molar-refractivity contribution in [2.75, 3.05) is 32.7 Å². The molecule has 25 heavy (non-hydrogen) atoms. The number of piperazine rings is 1. The number of hydrogen-bond acceptors (Lipinski definition) is 4. The van der Waals surface area contributed by atoms with Crippen LogP contribution in [0.3, 0.4) is 0 Å². The highest BCUT2D eigenvalue weighted by Crippen LogP contribution is 2.14. The fourth-order valence-corrected chi connectivity index (χ4v) is 3.15. The van der Waals surface area contributed by atoms with Crippen LogP contribution in [0.5, 0.6) is 0 Å². The van der Waals surface area contributed by atoms with Crippen molar-refractivity contribution in [1.29, 1.82) is 0 Å². The Morgan fingerprint density at radius 2 is 1.80 bits per heavy atom. The first-order chi connectivity index (χ1) is 11.8. The number of benzene rings is 1. The number of β-amino-alcohol motifs (C(OH)–C–C–N with tert-alkyl or cyclic N) is 1. The maximum absolute atomic E-state index is 12.7. The first-order valence-corrected chi connectivity index (χ1v) is 8.67. The zero-order valence-corrected chi connectivity index (χ0v) is 15.1. The van der Waals surface area contributed by atoms with Gasteiger partial charge in [0.15, 0.2) is 0 Å². The molecule has 0 spiro atoms. The normalized spacial score (nSPS) is 16.2. The molecule has 1 saturated heterocycles. The van der Waals surface area contributed by atoms with Crippen LogP contribution < -0.4 is 0 Å². The van der Waals surface area contributed by atoms with E-state index in [0.29, 0.717) is 25.2 Å². The predicted octanol–water partition coefficient (Wildman–Crippen LogP) is 1.71. The van der Waals surface area contributed by atoms with Gasteiger partial charge in [-0.1, -0.05) is 0 Å². The number of rotatable bonds is 4. The smallest absolute Gasteiger partial charge is 0.253 e. The molecule has 0 aliphatic carbocycles. The van der Waals surface area contributed by atoms with Gasteiger partial charge < -0.3 is 10.0 Å². The average Bonchev–Trinajstić information content (AvgIpc) is 3.00. The lowest BCUT2D eigenvalue weighted by Crippen LogP contribution is -2.51. The number of carbonyl (C=O) groups excluding carboxylic acids is 1. The Morgan fingerprint density at radius 3 is 2.32 bits per heavy atom. The van der Waals surface area contributed by atoms with Gasteiger partial charge >= 0.3 is 0 Å². The van der Waals surface area contributed by atoms with E-state index in [9.17, 15) is 9.90 Å². The van der Waals surface area contributed by atoms with Gasteiger partial charge in [-0.15, -0.1) is 0 Å². The minimum Gasteiger partial charge on any atom is -0.389 e. The van der Waals surface area contributed by atoms with Crippen LogP contribution in [-0.4, -0.2) is 68.9 Å². The van der Waals surface area contributed by atoms with Gasteiger partial charge in [-0.2, -0.15) is 5.10 Å². The minimum atomic E-state index is -0.702. The van der Waals surface area contributed by atoms with Gasteiger partial charge in [0.1, 0.15) is 0 Å². The number of aryl methyl sites for hydroxylation is 1. The second-order valence-electron chi connectivity index (χ2n) is 7.39. The lowest BCUT2D eigenvalue weighted by molar-refractivity contribution is 0.0178. The number of aliphatic hydroxyl groups is 1. The van der Waals surface area contributed by atoms with Crippen molar-refractivity contribution in [1.82, 2.24) is 19.6 Å². The van der Waals surface area contributed by atoms with E-state index in [1.165, 1.54) is 0 Å². The Bertz CT molecular complexity index is 723. The zero-order chi connectivity index (χ0) is 18.0. The fraction of sp³-hybridized carbons (Fsp3) is 0.474. The van der Waals surface area contributed by atoms with E-state index >= 15 is 0 Å². The molecule has 1 aromatic heterocycles. The summed E-state index contributed by atoms with van der Waals surface area (Å²) in [5.41, 5.74) is 2.04. The van der Waals surface area contributed by atoms with Crippen molar-refractivity contribution in [2.45, 2.75) is 26.4 Å². The van der Waals surface area contributed by atoms with Gasteiger partial charge in [0.05, 0.1) is 17.5 Å². The molecule has 1 aliphatic rings. The van der Waals surface area contributed by atoms with E-state index in [1.54, 1.807) is 4.68 Å². The zero-order valence-electron chi connectivity index (χ0n) is 15.1. The maximum atomic E-state index is 12.7. The Hall–Kier alpha value is -2.18. The molecule has 6 nitrogen and oxygen atoms in total.